The van der Waals surface area contributed by atoms with Gasteiger partial charge in [-0.2, -0.15) is 0 Å². The first-order valence-electron chi connectivity index (χ1n) is 9.57. The zero-order valence-corrected chi connectivity index (χ0v) is 16.6. The molecule has 2 heterocycles. The van der Waals surface area contributed by atoms with E-state index in [4.69, 9.17) is 0 Å². The third-order valence-corrected chi connectivity index (χ3v) is 7.51. The highest BCUT2D eigenvalue weighted by Crippen LogP contribution is 2.46. The van der Waals surface area contributed by atoms with Crippen molar-refractivity contribution in [2.75, 3.05) is 32.6 Å². The average Bonchev–Trinajstić information content (AvgIpc) is 3.35. The standard InChI is InChI=1S/C19H28N4O2S/c1-21(2)15-6-12-8-16(9-13(12)7-15)22(3)18(25)14-10-17(24)23(11-14)19-20-4-5-26-19/h4-5,12-16H,6-11H2,1-3H3/t12-,13+,14?,15?,16?. The Morgan fingerprint density at radius 2 is 1.81 bits per heavy atom. The molecule has 2 amide bonds. The van der Waals surface area contributed by atoms with Crippen molar-refractivity contribution in [3.8, 4) is 0 Å². The van der Waals surface area contributed by atoms with Crippen LogP contribution in [-0.2, 0) is 9.59 Å². The summed E-state index contributed by atoms with van der Waals surface area (Å²) in [6.07, 6.45) is 6.77. The molecule has 6 nitrogen and oxygen atoms in total. The van der Waals surface area contributed by atoms with Crippen LogP contribution in [0, 0.1) is 17.8 Å². The first-order valence-corrected chi connectivity index (χ1v) is 10.4. The van der Waals surface area contributed by atoms with Crippen LogP contribution in [0.4, 0.5) is 5.13 Å². The van der Waals surface area contributed by atoms with Crippen LogP contribution < -0.4 is 4.90 Å². The molecule has 0 bridgehead atoms. The lowest BCUT2D eigenvalue weighted by atomic mass is 10.0. The molecule has 3 aliphatic rings. The Morgan fingerprint density at radius 3 is 2.38 bits per heavy atom. The first kappa shape index (κ1) is 17.9. The van der Waals surface area contributed by atoms with E-state index in [-0.39, 0.29) is 17.7 Å². The van der Waals surface area contributed by atoms with Gasteiger partial charge in [-0.15, -0.1) is 11.3 Å². The second kappa shape index (κ2) is 6.93. The largest absolute Gasteiger partial charge is 0.342 e. The van der Waals surface area contributed by atoms with Crippen LogP contribution in [0.2, 0.25) is 0 Å². The fourth-order valence-corrected chi connectivity index (χ4v) is 5.83. The van der Waals surface area contributed by atoms with Gasteiger partial charge >= 0.3 is 0 Å². The number of rotatable bonds is 4. The number of aromatic nitrogens is 1. The summed E-state index contributed by atoms with van der Waals surface area (Å²) in [6.45, 7) is 0.470. The lowest BCUT2D eigenvalue weighted by molar-refractivity contribution is -0.136. The summed E-state index contributed by atoms with van der Waals surface area (Å²) in [4.78, 5) is 35.5. The monoisotopic (exact) mass is 376 g/mol. The van der Waals surface area contributed by atoms with E-state index in [1.54, 1.807) is 11.1 Å². The van der Waals surface area contributed by atoms with Gasteiger partial charge in [-0.3, -0.25) is 14.5 Å². The highest BCUT2D eigenvalue weighted by atomic mass is 32.1. The zero-order valence-electron chi connectivity index (χ0n) is 15.8. The van der Waals surface area contributed by atoms with Crippen molar-refractivity contribution in [2.24, 2.45) is 17.8 Å². The maximum atomic E-state index is 13.0. The molecule has 0 radical (unpaired) electrons. The molecule has 5 atom stereocenters. The molecule has 0 N–H and O–H groups in total. The van der Waals surface area contributed by atoms with Gasteiger partial charge in [0.15, 0.2) is 5.13 Å². The van der Waals surface area contributed by atoms with Crippen LogP contribution in [0.1, 0.15) is 32.1 Å². The molecule has 2 saturated carbocycles. The molecule has 7 heteroatoms. The van der Waals surface area contributed by atoms with Gasteiger partial charge in [-0.25, -0.2) is 4.98 Å². The van der Waals surface area contributed by atoms with Crippen LogP contribution >= 0.6 is 11.3 Å². The Hall–Kier alpha value is -1.47. The van der Waals surface area contributed by atoms with E-state index >= 15 is 0 Å². The minimum atomic E-state index is -0.230. The molecule has 3 fully saturated rings. The molecule has 142 valence electrons. The van der Waals surface area contributed by atoms with Gasteiger partial charge in [0.2, 0.25) is 11.8 Å². The van der Waals surface area contributed by atoms with Crippen molar-refractivity contribution in [3.05, 3.63) is 11.6 Å². The number of amides is 2. The van der Waals surface area contributed by atoms with Crippen molar-refractivity contribution in [3.63, 3.8) is 0 Å². The third kappa shape index (κ3) is 3.16. The number of hydrogen-bond donors (Lipinski definition) is 0. The number of hydrogen-bond acceptors (Lipinski definition) is 5. The van der Waals surface area contributed by atoms with Crippen molar-refractivity contribution in [1.82, 2.24) is 14.8 Å². The van der Waals surface area contributed by atoms with E-state index in [0.29, 0.717) is 30.2 Å². The number of fused-ring (bicyclic) bond motifs is 1. The normalized spacial score (nSPS) is 33.9. The van der Waals surface area contributed by atoms with Crippen LogP contribution in [0.5, 0.6) is 0 Å². The van der Waals surface area contributed by atoms with E-state index in [9.17, 15) is 9.59 Å². The van der Waals surface area contributed by atoms with Gasteiger partial charge in [0.25, 0.3) is 0 Å². The second-order valence-electron chi connectivity index (χ2n) is 8.40. The Kier molecular flexibility index (Phi) is 4.77. The SMILES string of the molecule is CN(C)C1C[C@@H]2CC(N(C)C(=O)C3CC(=O)N(c4nccs4)C3)C[C@@H]2C1. The van der Waals surface area contributed by atoms with E-state index in [1.807, 2.05) is 17.3 Å². The zero-order chi connectivity index (χ0) is 18.4. The predicted octanol–water partition coefficient (Wildman–Crippen LogP) is 2.07. The summed E-state index contributed by atoms with van der Waals surface area (Å²) in [7, 11) is 6.28. The first-order chi connectivity index (χ1) is 12.4. The van der Waals surface area contributed by atoms with Crippen molar-refractivity contribution < 1.29 is 9.59 Å². The fourth-order valence-electron chi connectivity index (χ4n) is 5.17. The lowest BCUT2D eigenvalue weighted by Crippen LogP contribution is -2.41. The smallest absolute Gasteiger partial charge is 0.229 e. The highest BCUT2D eigenvalue weighted by Gasteiger charge is 2.45. The minimum Gasteiger partial charge on any atom is -0.342 e. The van der Waals surface area contributed by atoms with Crippen molar-refractivity contribution in [2.45, 2.75) is 44.2 Å². The maximum absolute atomic E-state index is 13.0. The Bertz CT molecular complexity index is 663. The van der Waals surface area contributed by atoms with Crippen LogP contribution in [0.25, 0.3) is 0 Å². The third-order valence-electron chi connectivity index (χ3n) is 6.72. The number of thiazole rings is 1. The topological polar surface area (TPSA) is 56.8 Å². The molecule has 26 heavy (non-hydrogen) atoms. The van der Waals surface area contributed by atoms with E-state index in [0.717, 1.165) is 24.7 Å². The molecule has 2 aliphatic carbocycles. The second-order valence-corrected chi connectivity index (χ2v) is 9.28. The number of carbonyl (C=O) groups is 2. The quantitative estimate of drug-likeness (QED) is 0.807. The van der Waals surface area contributed by atoms with E-state index in [1.165, 1.54) is 24.2 Å². The summed E-state index contributed by atoms with van der Waals surface area (Å²) >= 11 is 1.45. The van der Waals surface area contributed by atoms with E-state index < -0.39 is 0 Å². The minimum absolute atomic E-state index is 0.0174. The fraction of sp³-hybridized carbons (Fsp3) is 0.737. The summed E-state index contributed by atoms with van der Waals surface area (Å²) in [6, 6.07) is 1.04. The molecule has 1 aliphatic heterocycles. The van der Waals surface area contributed by atoms with Crippen LogP contribution in [0.15, 0.2) is 11.6 Å². The Balaban J connectivity index is 1.35. The number of carbonyl (C=O) groups excluding carboxylic acids is 2. The van der Waals surface area contributed by atoms with Crippen molar-refractivity contribution >= 4 is 28.3 Å². The molecule has 1 aromatic rings. The predicted molar refractivity (Wildman–Crippen MR) is 102 cm³/mol. The lowest BCUT2D eigenvalue weighted by Gasteiger charge is -2.29. The Labute approximate surface area is 159 Å². The van der Waals surface area contributed by atoms with Crippen LogP contribution in [0.3, 0.4) is 0 Å². The van der Waals surface area contributed by atoms with Gasteiger partial charge < -0.3 is 9.80 Å². The molecule has 1 aromatic heterocycles. The summed E-state index contributed by atoms with van der Waals surface area (Å²) in [5.41, 5.74) is 0. The molecule has 3 unspecified atom stereocenters. The van der Waals surface area contributed by atoms with Crippen molar-refractivity contribution in [1.29, 1.82) is 0 Å². The van der Waals surface area contributed by atoms with Gasteiger partial charge in [-0.1, -0.05) is 0 Å². The highest BCUT2D eigenvalue weighted by molar-refractivity contribution is 7.13. The molecule has 0 spiro atoms. The van der Waals surface area contributed by atoms with Gasteiger partial charge in [0.1, 0.15) is 0 Å². The average molecular weight is 377 g/mol. The molecular formula is C19H28N4O2S. The van der Waals surface area contributed by atoms with E-state index in [2.05, 4.69) is 24.0 Å². The summed E-state index contributed by atoms with van der Waals surface area (Å²) in [5.74, 6) is 1.42. The molecule has 1 saturated heterocycles. The maximum Gasteiger partial charge on any atom is 0.229 e. The number of anilines is 1. The van der Waals surface area contributed by atoms with Gasteiger partial charge in [0.05, 0.1) is 5.92 Å². The molecule has 4 rings (SSSR count). The summed E-state index contributed by atoms with van der Waals surface area (Å²) in [5, 5.41) is 2.57. The van der Waals surface area contributed by atoms with Gasteiger partial charge in [0, 0.05) is 43.7 Å². The molecular weight excluding hydrogens is 348 g/mol. The summed E-state index contributed by atoms with van der Waals surface area (Å²) < 4.78 is 0. The molecule has 0 aromatic carbocycles. The van der Waals surface area contributed by atoms with Gasteiger partial charge in [-0.05, 0) is 51.6 Å². The number of nitrogens with zero attached hydrogens (tertiary/aromatic N) is 4. The Morgan fingerprint density at radius 1 is 1.15 bits per heavy atom. The van der Waals surface area contributed by atoms with Crippen LogP contribution in [-0.4, -0.2) is 66.4 Å².